The van der Waals surface area contributed by atoms with Gasteiger partial charge in [0.1, 0.15) is 30.7 Å². The van der Waals surface area contributed by atoms with E-state index in [0.29, 0.717) is 22.5 Å². The smallest absolute Gasteiger partial charge is 0.416 e. The molecule has 0 saturated carbocycles. The number of amides is 2. The van der Waals surface area contributed by atoms with Crippen molar-refractivity contribution in [3.8, 4) is 17.1 Å². The van der Waals surface area contributed by atoms with Crippen molar-refractivity contribution in [3.05, 3.63) is 129 Å². The zero-order valence-corrected chi connectivity index (χ0v) is 32.4. The van der Waals surface area contributed by atoms with Gasteiger partial charge in [0.25, 0.3) is 11.5 Å². The lowest BCUT2D eigenvalue weighted by atomic mass is 10.1. The van der Waals surface area contributed by atoms with Crippen LogP contribution >= 0.6 is 11.6 Å². The van der Waals surface area contributed by atoms with Crippen molar-refractivity contribution in [1.82, 2.24) is 34.0 Å². The Morgan fingerprint density at radius 3 is 2.49 bits per heavy atom. The van der Waals surface area contributed by atoms with Gasteiger partial charge in [-0.15, -0.1) is 5.10 Å². The minimum Gasteiger partial charge on any atom is -0.485 e. The highest BCUT2D eigenvalue weighted by atomic mass is 35.5. The first-order valence-electron chi connectivity index (χ1n) is 18.6. The van der Waals surface area contributed by atoms with Crippen LogP contribution < -0.4 is 20.5 Å². The third kappa shape index (κ3) is 7.80. The van der Waals surface area contributed by atoms with Crippen molar-refractivity contribution in [1.29, 1.82) is 0 Å². The third-order valence-corrected chi connectivity index (χ3v) is 10.4. The van der Waals surface area contributed by atoms with E-state index in [9.17, 15) is 27.6 Å². The number of hydrogen-bond acceptors (Lipinski definition) is 10. The first-order valence-corrected chi connectivity index (χ1v) is 19.0. The van der Waals surface area contributed by atoms with E-state index in [1.165, 1.54) is 6.33 Å². The van der Waals surface area contributed by atoms with Crippen LogP contribution in [0.25, 0.3) is 28.1 Å². The highest BCUT2D eigenvalue weighted by molar-refractivity contribution is 6.33. The molecular formula is C41H35ClF3N9O5. The number of ether oxygens (including phenoxy) is 1. The minimum absolute atomic E-state index is 0.0257. The van der Waals surface area contributed by atoms with E-state index < -0.39 is 29.8 Å². The summed E-state index contributed by atoms with van der Waals surface area (Å²) in [5.41, 5.74) is 1.94. The quantitative estimate of drug-likeness (QED) is 0.156. The van der Waals surface area contributed by atoms with E-state index in [2.05, 4.69) is 20.4 Å². The van der Waals surface area contributed by atoms with Gasteiger partial charge < -0.3 is 28.8 Å². The van der Waals surface area contributed by atoms with Crippen molar-refractivity contribution in [3.63, 3.8) is 0 Å². The summed E-state index contributed by atoms with van der Waals surface area (Å²) >= 11 is 6.17. The standard InChI is InChI=1S/C41H35ClF3N9O5/c1-3-31-35(51-14-16-52(17-15-51)38(56)34-36(24(2)46-23-47-34)59-22-25-7-5-4-6-8-25)39(57)54-40(49-37(50-54)27-10-9-26-13-18-58-32(26)19-27)53(31)21-33(55)48-30-12-11-28(20-29(30)42)41(43,44)45/h4-13,18-20,23H,3,14-17,21-22H2,1-2H3,(H,48,55). The van der Waals surface area contributed by atoms with Gasteiger partial charge in [0.05, 0.1) is 33.9 Å². The highest BCUT2D eigenvalue weighted by Gasteiger charge is 2.33. The lowest BCUT2D eigenvalue weighted by Gasteiger charge is -2.36. The number of anilines is 2. The van der Waals surface area contributed by atoms with Gasteiger partial charge >= 0.3 is 6.18 Å². The van der Waals surface area contributed by atoms with Crippen LogP contribution in [0.2, 0.25) is 5.02 Å². The summed E-state index contributed by atoms with van der Waals surface area (Å²) in [5.74, 6) is -0.445. The topological polar surface area (TPSA) is 153 Å². The van der Waals surface area contributed by atoms with Crippen molar-refractivity contribution < 1.29 is 31.9 Å². The number of benzene rings is 3. The Kier molecular flexibility index (Phi) is 10.5. The Balaban J connectivity index is 1.11. The molecule has 14 nitrogen and oxygen atoms in total. The van der Waals surface area contributed by atoms with Crippen LogP contribution in [0.4, 0.5) is 24.5 Å². The van der Waals surface area contributed by atoms with Crippen LogP contribution in [-0.4, -0.2) is 72.0 Å². The van der Waals surface area contributed by atoms with Crippen LogP contribution in [0.1, 0.15) is 39.9 Å². The van der Waals surface area contributed by atoms with E-state index in [-0.39, 0.29) is 84.6 Å². The minimum atomic E-state index is -4.62. The first-order chi connectivity index (χ1) is 28.4. The maximum atomic E-state index is 14.5. The molecule has 0 bridgehead atoms. The van der Waals surface area contributed by atoms with Crippen LogP contribution in [0, 0.1) is 6.92 Å². The maximum absolute atomic E-state index is 14.5. The number of fused-ring (bicyclic) bond motifs is 2. The molecule has 1 fully saturated rings. The number of carbonyl (C=O) groups excluding carboxylic acids is 2. The van der Waals surface area contributed by atoms with Gasteiger partial charge in [-0.25, -0.2) is 9.97 Å². The molecular weight excluding hydrogens is 791 g/mol. The second-order valence-corrected chi connectivity index (χ2v) is 14.2. The predicted molar refractivity (Wildman–Crippen MR) is 213 cm³/mol. The van der Waals surface area contributed by atoms with Gasteiger partial charge in [-0.05, 0) is 49.2 Å². The Labute approximate surface area is 338 Å². The van der Waals surface area contributed by atoms with Gasteiger partial charge in [0.2, 0.25) is 11.7 Å². The van der Waals surface area contributed by atoms with E-state index in [1.54, 1.807) is 34.8 Å². The molecule has 7 aromatic rings. The number of piperazine rings is 1. The van der Waals surface area contributed by atoms with Gasteiger partial charge in [0.15, 0.2) is 17.3 Å². The number of carbonyl (C=O) groups is 2. The zero-order valence-electron chi connectivity index (χ0n) is 31.7. The summed E-state index contributed by atoms with van der Waals surface area (Å²) in [6, 6.07) is 19.3. The molecule has 0 unspecified atom stereocenters. The number of furan rings is 1. The Morgan fingerprint density at radius 2 is 1.76 bits per heavy atom. The summed E-state index contributed by atoms with van der Waals surface area (Å²) in [6.45, 7) is 4.32. The number of nitrogens with one attached hydrogen (secondary N) is 1. The van der Waals surface area contributed by atoms with Crippen LogP contribution in [0.15, 0.2) is 94.6 Å². The fourth-order valence-electron chi connectivity index (χ4n) is 7.07. The number of aromatic nitrogens is 6. The molecule has 5 heterocycles. The van der Waals surface area contributed by atoms with Crippen molar-refractivity contribution in [2.45, 2.75) is 39.6 Å². The lowest BCUT2D eigenvalue weighted by molar-refractivity contribution is -0.137. The second kappa shape index (κ2) is 15.9. The maximum Gasteiger partial charge on any atom is 0.416 e. The van der Waals surface area contributed by atoms with Gasteiger partial charge in [0, 0.05) is 37.1 Å². The molecule has 302 valence electrons. The third-order valence-electron chi connectivity index (χ3n) is 10.0. The molecule has 3 aromatic carbocycles. The van der Waals surface area contributed by atoms with E-state index in [0.717, 1.165) is 33.7 Å². The van der Waals surface area contributed by atoms with Gasteiger partial charge in [-0.2, -0.15) is 22.7 Å². The number of rotatable bonds is 10. The number of hydrogen-bond donors (Lipinski definition) is 1. The molecule has 1 aliphatic rings. The molecule has 59 heavy (non-hydrogen) atoms. The van der Waals surface area contributed by atoms with Crippen molar-refractivity contribution in [2.24, 2.45) is 0 Å². The second-order valence-electron chi connectivity index (χ2n) is 13.8. The Bertz CT molecular complexity index is 2780. The molecule has 1 aliphatic heterocycles. The van der Waals surface area contributed by atoms with Crippen LogP contribution in [0.5, 0.6) is 5.75 Å². The number of aryl methyl sites for hydroxylation is 1. The zero-order chi connectivity index (χ0) is 41.4. The monoisotopic (exact) mass is 825 g/mol. The fourth-order valence-corrected chi connectivity index (χ4v) is 7.30. The molecule has 4 aromatic heterocycles. The summed E-state index contributed by atoms with van der Waals surface area (Å²) < 4.78 is 54.3. The van der Waals surface area contributed by atoms with Crippen molar-refractivity contribution >= 4 is 51.5 Å². The first kappa shape index (κ1) is 39.1. The summed E-state index contributed by atoms with van der Waals surface area (Å²) in [5, 5.41) is 7.75. The SMILES string of the molecule is CCc1c(N2CCN(C(=O)c3ncnc(C)c3OCc3ccccc3)CC2)c(=O)n2nc(-c3ccc4ccoc4c3)nc2n1CC(=O)Nc1ccc(C(F)(F)F)cc1Cl. The van der Waals surface area contributed by atoms with E-state index in [4.69, 9.17) is 25.7 Å². The molecule has 0 aliphatic carbocycles. The molecule has 0 atom stereocenters. The van der Waals surface area contributed by atoms with E-state index in [1.807, 2.05) is 54.3 Å². The summed E-state index contributed by atoms with van der Waals surface area (Å²) in [4.78, 5) is 58.8. The molecule has 8 rings (SSSR count). The molecule has 0 radical (unpaired) electrons. The lowest BCUT2D eigenvalue weighted by Crippen LogP contribution is -2.51. The molecule has 1 saturated heterocycles. The van der Waals surface area contributed by atoms with E-state index >= 15 is 0 Å². The Hall–Kier alpha value is -6.75. The largest absolute Gasteiger partial charge is 0.485 e. The van der Waals surface area contributed by atoms with Gasteiger partial charge in [-0.3, -0.25) is 14.4 Å². The fraction of sp³-hybridized carbons (Fsp3) is 0.244. The molecule has 1 N–H and O–H groups in total. The molecule has 2 amide bonds. The normalized spacial score (nSPS) is 13.3. The van der Waals surface area contributed by atoms with Crippen LogP contribution in [-0.2, 0) is 30.5 Å². The molecule has 0 spiro atoms. The van der Waals surface area contributed by atoms with Gasteiger partial charge in [-0.1, -0.05) is 61.0 Å². The molecule has 18 heteroatoms. The number of halogens is 4. The van der Waals surface area contributed by atoms with Crippen molar-refractivity contribution in [2.75, 3.05) is 36.4 Å². The average Bonchev–Trinajstić information content (AvgIpc) is 3.90. The number of alkyl halides is 3. The summed E-state index contributed by atoms with van der Waals surface area (Å²) in [7, 11) is 0. The Morgan fingerprint density at radius 1 is 0.983 bits per heavy atom. The predicted octanol–water partition coefficient (Wildman–Crippen LogP) is 6.82. The summed E-state index contributed by atoms with van der Waals surface area (Å²) in [6.07, 6.45) is -1.48. The highest BCUT2D eigenvalue weighted by Crippen LogP contribution is 2.34. The van der Waals surface area contributed by atoms with Crippen LogP contribution in [0.3, 0.4) is 0 Å². The number of nitrogens with zero attached hydrogens (tertiary/aromatic N) is 8. The average molecular weight is 826 g/mol.